The highest BCUT2D eigenvalue weighted by atomic mass is 32.1. The van der Waals surface area contributed by atoms with Gasteiger partial charge < -0.3 is 10.1 Å². The summed E-state index contributed by atoms with van der Waals surface area (Å²) >= 11 is 5.13. The quantitative estimate of drug-likeness (QED) is 0.780. The lowest BCUT2D eigenvalue weighted by molar-refractivity contribution is 0.0252. The molecule has 1 aromatic rings. The molecule has 0 amide bonds. The van der Waals surface area contributed by atoms with Crippen LogP contribution >= 0.6 is 12.2 Å². The molecule has 92 valence electrons. The van der Waals surface area contributed by atoms with Crippen LogP contribution < -0.4 is 10.7 Å². The van der Waals surface area contributed by atoms with Gasteiger partial charge in [-0.25, -0.2) is 9.40 Å². The Morgan fingerprint density at radius 3 is 2.82 bits per heavy atom. The van der Waals surface area contributed by atoms with E-state index >= 15 is 0 Å². The molecule has 1 saturated heterocycles. The summed E-state index contributed by atoms with van der Waals surface area (Å²) in [6, 6.07) is 6.18. The van der Waals surface area contributed by atoms with Gasteiger partial charge in [0.1, 0.15) is 5.82 Å². The number of ether oxygens (including phenoxy) is 1. The van der Waals surface area contributed by atoms with Crippen molar-refractivity contribution in [2.45, 2.75) is 0 Å². The Morgan fingerprint density at radius 2 is 2.12 bits per heavy atom. The monoisotopic (exact) mass is 255 g/mol. The van der Waals surface area contributed by atoms with Crippen LogP contribution in [0.15, 0.2) is 24.3 Å². The molecule has 17 heavy (non-hydrogen) atoms. The summed E-state index contributed by atoms with van der Waals surface area (Å²) in [5.74, 6) is -0.288. The number of nitrogens with zero attached hydrogens (tertiary/aromatic N) is 1. The number of hydrogen-bond donors (Lipinski definition) is 2. The lowest BCUT2D eigenvalue weighted by Crippen LogP contribution is -2.49. The zero-order valence-corrected chi connectivity index (χ0v) is 10.1. The highest BCUT2D eigenvalue weighted by Crippen LogP contribution is 2.08. The molecule has 6 heteroatoms. The molecule has 0 aliphatic carbocycles. The molecule has 0 unspecified atom stereocenters. The molecule has 0 aromatic heterocycles. The molecule has 0 spiro atoms. The van der Waals surface area contributed by atoms with Gasteiger partial charge in [0.2, 0.25) is 0 Å². The number of hydrogen-bond acceptors (Lipinski definition) is 3. The molecule has 1 fully saturated rings. The zero-order valence-electron chi connectivity index (χ0n) is 9.28. The fourth-order valence-electron chi connectivity index (χ4n) is 1.54. The molecular weight excluding hydrogens is 241 g/mol. The summed E-state index contributed by atoms with van der Waals surface area (Å²) in [7, 11) is 0. The molecular formula is C11H14FN3OS. The first-order valence-electron chi connectivity index (χ1n) is 5.40. The standard InChI is InChI=1S/C11H14FN3OS/c12-9-2-1-3-10(8-9)13-11(17)14-15-4-6-16-7-5-15/h1-3,8H,4-7H2,(H2,13,14,17). The number of nitrogens with one attached hydrogen (secondary N) is 2. The van der Waals surface area contributed by atoms with Gasteiger partial charge in [0.05, 0.1) is 13.2 Å². The molecule has 1 aliphatic rings. The van der Waals surface area contributed by atoms with Crippen molar-refractivity contribution in [2.24, 2.45) is 0 Å². The average Bonchev–Trinajstić information content (AvgIpc) is 2.30. The third-order valence-corrected chi connectivity index (χ3v) is 2.55. The van der Waals surface area contributed by atoms with Crippen LogP contribution in [-0.4, -0.2) is 36.4 Å². The van der Waals surface area contributed by atoms with E-state index in [9.17, 15) is 4.39 Å². The summed E-state index contributed by atoms with van der Waals surface area (Å²) in [6.45, 7) is 2.95. The van der Waals surface area contributed by atoms with Gasteiger partial charge in [0.25, 0.3) is 0 Å². The molecule has 0 saturated carbocycles. The van der Waals surface area contributed by atoms with Crippen LogP contribution in [0.1, 0.15) is 0 Å². The first kappa shape index (κ1) is 12.2. The molecule has 0 atom stereocenters. The van der Waals surface area contributed by atoms with E-state index in [2.05, 4.69) is 10.7 Å². The second-order valence-electron chi connectivity index (χ2n) is 3.68. The molecule has 4 nitrogen and oxygen atoms in total. The summed E-state index contributed by atoms with van der Waals surface area (Å²) in [5, 5.41) is 5.35. The van der Waals surface area contributed by atoms with Crippen molar-refractivity contribution in [1.29, 1.82) is 0 Å². The molecule has 0 radical (unpaired) electrons. The predicted molar refractivity (Wildman–Crippen MR) is 68.1 cm³/mol. The minimum absolute atomic E-state index is 0.288. The van der Waals surface area contributed by atoms with Crippen LogP contribution in [0.3, 0.4) is 0 Å². The van der Waals surface area contributed by atoms with Gasteiger partial charge >= 0.3 is 0 Å². The van der Waals surface area contributed by atoms with Crippen molar-refractivity contribution in [3.05, 3.63) is 30.1 Å². The fourth-order valence-corrected chi connectivity index (χ4v) is 1.79. The smallest absolute Gasteiger partial charge is 0.185 e. The average molecular weight is 255 g/mol. The van der Waals surface area contributed by atoms with Gasteiger partial charge in [-0.2, -0.15) is 0 Å². The van der Waals surface area contributed by atoms with E-state index in [0.29, 0.717) is 24.0 Å². The van der Waals surface area contributed by atoms with Crippen molar-refractivity contribution in [1.82, 2.24) is 10.4 Å². The third kappa shape index (κ3) is 3.92. The van der Waals surface area contributed by atoms with Gasteiger partial charge in [-0.3, -0.25) is 5.43 Å². The van der Waals surface area contributed by atoms with Gasteiger partial charge in [0.15, 0.2) is 5.11 Å². The maximum Gasteiger partial charge on any atom is 0.185 e. The molecule has 1 heterocycles. The highest BCUT2D eigenvalue weighted by molar-refractivity contribution is 7.80. The second-order valence-corrected chi connectivity index (χ2v) is 4.08. The topological polar surface area (TPSA) is 36.5 Å². The van der Waals surface area contributed by atoms with Crippen molar-refractivity contribution >= 4 is 23.0 Å². The first-order chi connectivity index (χ1) is 8.24. The Bertz CT molecular complexity index is 396. The largest absolute Gasteiger partial charge is 0.379 e. The second kappa shape index (κ2) is 5.90. The van der Waals surface area contributed by atoms with Gasteiger partial charge in [-0.15, -0.1) is 0 Å². The first-order valence-corrected chi connectivity index (χ1v) is 5.81. The Hall–Kier alpha value is -1.24. The molecule has 1 aromatic carbocycles. The Labute approximate surface area is 105 Å². The minimum atomic E-state index is -0.288. The maximum atomic E-state index is 12.9. The van der Waals surface area contributed by atoms with Crippen molar-refractivity contribution in [3.8, 4) is 0 Å². The molecule has 2 rings (SSSR count). The van der Waals surface area contributed by atoms with E-state index in [-0.39, 0.29) is 5.82 Å². The number of hydrazine groups is 1. The van der Waals surface area contributed by atoms with E-state index in [0.717, 1.165) is 13.1 Å². The fraction of sp³-hybridized carbons (Fsp3) is 0.364. The molecule has 0 bridgehead atoms. The Balaban J connectivity index is 1.84. The lowest BCUT2D eigenvalue weighted by Gasteiger charge is -2.28. The van der Waals surface area contributed by atoms with Crippen LogP contribution in [0.25, 0.3) is 0 Å². The van der Waals surface area contributed by atoms with Gasteiger partial charge in [-0.05, 0) is 30.4 Å². The summed E-state index contributed by atoms with van der Waals surface area (Å²) in [6.07, 6.45) is 0. The van der Waals surface area contributed by atoms with Crippen molar-refractivity contribution in [3.63, 3.8) is 0 Å². The van der Waals surface area contributed by atoms with E-state index in [4.69, 9.17) is 17.0 Å². The van der Waals surface area contributed by atoms with Crippen LogP contribution in [-0.2, 0) is 4.74 Å². The van der Waals surface area contributed by atoms with Crippen LogP contribution in [0, 0.1) is 5.82 Å². The zero-order chi connectivity index (χ0) is 12.1. The predicted octanol–water partition coefficient (Wildman–Crippen LogP) is 1.36. The summed E-state index contributed by atoms with van der Waals surface area (Å²) in [4.78, 5) is 0. The Kier molecular flexibility index (Phi) is 4.24. The number of halogens is 1. The summed E-state index contributed by atoms with van der Waals surface area (Å²) in [5.41, 5.74) is 3.67. The minimum Gasteiger partial charge on any atom is -0.379 e. The normalized spacial score (nSPS) is 16.5. The van der Waals surface area contributed by atoms with Crippen LogP contribution in [0.5, 0.6) is 0 Å². The van der Waals surface area contributed by atoms with Crippen molar-refractivity contribution < 1.29 is 9.13 Å². The van der Waals surface area contributed by atoms with E-state index in [1.165, 1.54) is 12.1 Å². The third-order valence-electron chi connectivity index (χ3n) is 2.35. The summed E-state index contributed by atoms with van der Waals surface area (Å²) < 4.78 is 18.2. The number of rotatable bonds is 2. The lowest BCUT2D eigenvalue weighted by atomic mass is 10.3. The number of benzene rings is 1. The maximum absolute atomic E-state index is 12.9. The van der Waals surface area contributed by atoms with E-state index in [1.807, 2.05) is 5.01 Å². The van der Waals surface area contributed by atoms with Gasteiger partial charge in [-0.1, -0.05) is 6.07 Å². The number of thiocarbonyl (C=S) groups is 1. The Morgan fingerprint density at radius 1 is 1.35 bits per heavy atom. The van der Waals surface area contributed by atoms with Crippen molar-refractivity contribution in [2.75, 3.05) is 31.6 Å². The number of anilines is 1. The van der Waals surface area contributed by atoms with Gasteiger partial charge in [0, 0.05) is 18.8 Å². The number of morpholine rings is 1. The molecule has 2 N–H and O–H groups in total. The SMILES string of the molecule is Fc1cccc(NC(=S)NN2CCOCC2)c1. The van der Waals surface area contributed by atoms with Crippen LogP contribution in [0.2, 0.25) is 0 Å². The van der Waals surface area contributed by atoms with E-state index in [1.54, 1.807) is 12.1 Å². The van der Waals surface area contributed by atoms with E-state index < -0.39 is 0 Å². The highest BCUT2D eigenvalue weighted by Gasteiger charge is 2.10. The van der Waals surface area contributed by atoms with Crippen LogP contribution in [0.4, 0.5) is 10.1 Å². The molecule has 1 aliphatic heterocycles.